The summed E-state index contributed by atoms with van der Waals surface area (Å²) in [6.07, 6.45) is 9.87. The van der Waals surface area contributed by atoms with Crippen LogP contribution in [0.25, 0.3) is 0 Å². The lowest BCUT2D eigenvalue weighted by Gasteiger charge is -2.16. The topological polar surface area (TPSA) is 0 Å². The Bertz CT molecular complexity index is 382. The van der Waals surface area contributed by atoms with Gasteiger partial charge in [0.25, 0.3) is 0 Å². The summed E-state index contributed by atoms with van der Waals surface area (Å²) in [6.45, 7) is 17.2. The fourth-order valence-corrected chi connectivity index (χ4v) is 1.84. The molecule has 1 heteroatoms. The van der Waals surface area contributed by atoms with Crippen LogP contribution in [-0.2, 0) is 0 Å². The van der Waals surface area contributed by atoms with Crippen LogP contribution < -0.4 is 0 Å². The fourth-order valence-electron chi connectivity index (χ4n) is 1.71. The minimum atomic E-state index is 0.349. The van der Waals surface area contributed by atoms with Gasteiger partial charge in [-0.15, -0.1) is 12.6 Å². The predicted molar refractivity (Wildman–Crippen MR) is 92.7 cm³/mol. The minimum absolute atomic E-state index is 0.349. The first-order valence-corrected chi connectivity index (χ1v) is 7.46. The molecule has 0 heterocycles. The first kappa shape index (κ1) is 18.3. The SMILES string of the molecule is C=C(S)CC/C=C/C(=C(C)C)/C(C)=C\CC(C)(C)C. The quantitative estimate of drug-likeness (QED) is 0.417. The van der Waals surface area contributed by atoms with E-state index in [1.54, 1.807) is 0 Å². The molecule has 0 nitrogen and oxygen atoms in total. The Morgan fingerprint density at radius 2 is 1.74 bits per heavy atom. The summed E-state index contributed by atoms with van der Waals surface area (Å²) in [5, 5.41) is 0. The zero-order chi connectivity index (χ0) is 15.1. The van der Waals surface area contributed by atoms with E-state index in [-0.39, 0.29) is 0 Å². The number of hydrogen-bond acceptors (Lipinski definition) is 1. The Kier molecular flexibility index (Phi) is 8.17. The molecule has 0 saturated carbocycles. The summed E-state index contributed by atoms with van der Waals surface area (Å²) < 4.78 is 0. The molecule has 0 fully saturated rings. The summed E-state index contributed by atoms with van der Waals surface area (Å²) in [5.74, 6) is 0. The molecular weight excluding hydrogens is 248 g/mol. The van der Waals surface area contributed by atoms with Crippen molar-refractivity contribution < 1.29 is 0 Å². The van der Waals surface area contributed by atoms with Crippen molar-refractivity contribution in [2.45, 2.75) is 60.8 Å². The summed E-state index contributed by atoms with van der Waals surface area (Å²) in [7, 11) is 0. The van der Waals surface area contributed by atoms with Gasteiger partial charge < -0.3 is 0 Å². The Morgan fingerprint density at radius 3 is 2.16 bits per heavy atom. The molecule has 0 atom stereocenters. The van der Waals surface area contributed by atoms with E-state index in [0.29, 0.717) is 5.41 Å². The van der Waals surface area contributed by atoms with Crippen LogP contribution in [0.3, 0.4) is 0 Å². The van der Waals surface area contributed by atoms with Crippen molar-refractivity contribution in [1.29, 1.82) is 0 Å². The van der Waals surface area contributed by atoms with E-state index < -0.39 is 0 Å². The normalized spacial score (nSPS) is 12.9. The molecule has 0 rings (SSSR count). The number of allylic oxidation sites excluding steroid dienone is 7. The highest BCUT2D eigenvalue weighted by atomic mass is 32.1. The lowest BCUT2D eigenvalue weighted by atomic mass is 9.90. The van der Waals surface area contributed by atoms with Gasteiger partial charge in [0.05, 0.1) is 0 Å². The van der Waals surface area contributed by atoms with Crippen molar-refractivity contribution >= 4 is 12.6 Å². The van der Waals surface area contributed by atoms with Gasteiger partial charge in [-0.2, -0.15) is 0 Å². The van der Waals surface area contributed by atoms with Gasteiger partial charge in [0.1, 0.15) is 0 Å². The monoisotopic (exact) mass is 278 g/mol. The van der Waals surface area contributed by atoms with E-state index in [1.165, 1.54) is 16.7 Å². The smallest absolute Gasteiger partial charge is 0.0192 e. The number of hydrogen-bond donors (Lipinski definition) is 1. The maximum atomic E-state index is 4.22. The van der Waals surface area contributed by atoms with Gasteiger partial charge in [-0.1, -0.05) is 51.2 Å². The second kappa shape index (κ2) is 8.47. The van der Waals surface area contributed by atoms with Crippen molar-refractivity contribution in [2.75, 3.05) is 0 Å². The van der Waals surface area contributed by atoms with E-state index in [4.69, 9.17) is 0 Å². The molecule has 0 spiro atoms. The first-order valence-electron chi connectivity index (χ1n) is 7.01. The van der Waals surface area contributed by atoms with Crippen LogP contribution >= 0.6 is 12.6 Å². The van der Waals surface area contributed by atoms with E-state index in [1.807, 2.05) is 0 Å². The molecule has 0 aromatic heterocycles. The lowest BCUT2D eigenvalue weighted by molar-refractivity contribution is 0.420. The zero-order valence-electron chi connectivity index (χ0n) is 13.5. The van der Waals surface area contributed by atoms with Crippen LogP contribution in [0, 0.1) is 5.41 Å². The van der Waals surface area contributed by atoms with Gasteiger partial charge in [0.15, 0.2) is 0 Å². The fraction of sp³-hybridized carbons (Fsp3) is 0.556. The summed E-state index contributed by atoms with van der Waals surface area (Å²) in [5.41, 5.74) is 4.44. The molecule has 108 valence electrons. The molecule has 0 aromatic rings. The summed E-state index contributed by atoms with van der Waals surface area (Å²) in [4.78, 5) is 0.948. The molecule has 0 aromatic carbocycles. The van der Waals surface area contributed by atoms with E-state index in [9.17, 15) is 0 Å². The Labute approximate surface area is 125 Å². The third-order valence-electron chi connectivity index (χ3n) is 2.87. The molecule has 0 amide bonds. The van der Waals surface area contributed by atoms with Crippen molar-refractivity contribution in [2.24, 2.45) is 5.41 Å². The van der Waals surface area contributed by atoms with Gasteiger partial charge in [0.2, 0.25) is 0 Å². The third kappa shape index (κ3) is 9.84. The lowest BCUT2D eigenvalue weighted by Crippen LogP contribution is -2.02. The molecule has 0 aliphatic carbocycles. The van der Waals surface area contributed by atoms with Crippen LogP contribution in [0.15, 0.2) is 46.4 Å². The third-order valence-corrected chi connectivity index (χ3v) is 3.09. The predicted octanol–water partition coefficient (Wildman–Crippen LogP) is 6.49. The van der Waals surface area contributed by atoms with Crippen LogP contribution in [0.5, 0.6) is 0 Å². The minimum Gasteiger partial charge on any atom is -0.148 e. The van der Waals surface area contributed by atoms with E-state index in [0.717, 1.165) is 24.2 Å². The summed E-state index contributed by atoms with van der Waals surface area (Å²) >= 11 is 4.22. The van der Waals surface area contributed by atoms with E-state index >= 15 is 0 Å². The highest BCUT2D eigenvalue weighted by Crippen LogP contribution is 2.23. The van der Waals surface area contributed by atoms with Gasteiger partial charge in [-0.3, -0.25) is 0 Å². The van der Waals surface area contributed by atoms with Crippen LogP contribution in [-0.4, -0.2) is 0 Å². The molecule has 0 bridgehead atoms. The molecule has 0 radical (unpaired) electrons. The number of rotatable bonds is 6. The van der Waals surface area contributed by atoms with Crippen LogP contribution in [0.4, 0.5) is 0 Å². The first-order chi connectivity index (χ1) is 8.63. The Morgan fingerprint density at radius 1 is 1.16 bits per heavy atom. The molecular formula is C18H30S. The van der Waals surface area contributed by atoms with E-state index in [2.05, 4.69) is 79.0 Å². The molecule has 0 aliphatic heterocycles. The average molecular weight is 279 g/mol. The highest BCUT2D eigenvalue weighted by molar-refractivity contribution is 7.84. The number of thiol groups is 1. The maximum absolute atomic E-state index is 4.22. The molecule has 0 saturated heterocycles. The molecule has 0 N–H and O–H groups in total. The van der Waals surface area contributed by atoms with Gasteiger partial charge >= 0.3 is 0 Å². The molecule has 19 heavy (non-hydrogen) atoms. The molecule has 0 aliphatic rings. The second-order valence-electron chi connectivity index (χ2n) is 6.57. The second-order valence-corrected chi connectivity index (χ2v) is 7.21. The average Bonchev–Trinajstić information content (AvgIpc) is 2.24. The highest BCUT2D eigenvalue weighted by Gasteiger charge is 2.08. The zero-order valence-corrected chi connectivity index (χ0v) is 14.4. The Hall–Kier alpha value is -0.690. The van der Waals surface area contributed by atoms with Gasteiger partial charge in [0, 0.05) is 0 Å². The Balaban J connectivity index is 4.76. The van der Waals surface area contributed by atoms with Gasteiger partial charge in [-0.25, -0.2) is 0 Å². The van der Waals surface area contributed by atoms with Crippen molar-refractivity contribution in [1.82, 2.24) is 0 Å². The molecule has 0 unspecified atom stereocenters. The summed E-state index contributed by atoms with van der Waals surface area (Å²) in [6, 6.07) is 0. The largest absolute Gasteiger partial charge is 0.148 e. The standard InChI is InChI=1S/C18H30S/c1-14(2)17(11-9-8-10-16(4)19)15(3)12-13-18(5,6)7/h9,11-12,19H,4,8,10,13H2,1-3,5-7H3/b11-9+,15-12-. The van der Waals surface area contributed by atoms with Crippen molar-refractivity contribution in [3.63, 3.8) is 0 Å². The van der Waals surface area contributed by atoms with Crippen molar-refractivity contribution in [3.8, 4) is 0 Å². The van der Waals surface area contributed by atoms with Crippen molar-refractivity contribution in [3.05, 3.63) is 46.4 Å². The van der Waals surface area contributed by atoms with Crippen LogP contribution in [0.1, 0.15) is 60.8 Å². The van der Waals surface area contributed by atoms with Crippen LogP contribution in [0.2, 0.25) is 0 Å². The maximum Gasteiger partial charge on any atom is -0.0192 e. The van der Waals surface area contributed by atoms with Gasteiger partial charge in [-0.05, 0) is 61.5 Å².